The third-order valence-electron chi connectivity index (χ3n) is 4.28. The SMILES string of the molecule is COc1ccc(OC)c(NC(=O)CCN2CC(C)CC(C)C2)c1.Cl. The second kappa shape index (κ2) is 9.74. The van der Waals surface area contributed by atoms with Crippen LogP contribution in [0.5, 0.6) is 11.5 Å². The van der Waals surface area contributed by atoms with Crippen molar-refractivity contribution in [3.8, 4) is 11.5 Å². The number of ether oxygens (including phenoxy) is 2. The first-order valence-corrected chi connectivity index (χ1v) is 8.26. The molecule has 24 heavy (non-hydrogen) atoms. The maximum atomic E-state index is 12.3. The van der Waals surface area contributed by atoms with Crippen LogP contribution in [-0.2, 0) is 4.79 Å². The van der Waals surface area contributed by atoms with Crippen LogP contribution in [0, 0.1) is 11.8 Å². The van der Waals surface area contributed by atoms with Crippen molar-refractivity contribution in [3.63, 3.8) is 0 Å². The van der Waals surface area contributed by atoms with Crippen LogP contribution in [0.15, 0.2) is 18.2 Å². The summed E-state index contributed by atoms with van der Waals surface area (Å²) < 4.78 is 10.5. The number of hydrogen-bond donors (Lipinski definition) is 1. The number of carbonyl (C=O) groups excluding carboxylic acids is 1. The van der Waals surface area contributed by atoms with Gasteiger partial charge in [0.15, 0.2) is 0 Å². The molecule has 1 fully saturated rings. The summed E-state index contributed by atoms with van der Waals surface area (Å²) in [5.74, 6) is 2.75. The smallest absolute Gasteiger partial charge is 0.225 e. The van der Waals surface area contributed by atoms with Crippen molar-refractivity contribution in [1.82, 2.24) is 4.90 Å². The van der Waals surface area contributed by atoms with E-state index >= 15 is 0 Å². The maximum Gasteiger partial charge on any atom is 0.225 e. The number of carbonyl (C=O) groups is 1. The number of nitrogens with zero attached hydrogens (tertiary/aromatic N) is 1. The average Bonchev–Trinajstić information content (AvgIpc) is 2.52. The number of piperidine rings is 1. The van der Waals surface area contributed by atoms with Gasteiger partial charge >= 0.3 is 0 Å². The van der Waals surface area contributed by atoms with Gasteiger partial charge in [0.2, 0.25) is 5.91 Å². The fourth-order valence-corrected chi connectivity index (χ4v) is 3.36. The molecule has 1 amide bonds. The van der Waals surface area contributed by atoms with Gasteiger partial charge in [0.25, 0.3) is 0 Å². The van der Waals surface area contributed by atoms with Crippen molar-refractivity contribution < 1.29 is 14.3 Å². The lowest BCUT2D eigenvalue weighted by atomic mass is 9.92. The lowest BCUT2D eigenvalue weighted by Gasteiger charge is -2.34. The molecule has 6 heteroatoms. The minimum atomic E-state index is 0. The summed E-state index contributed by atoms with van der Waals surface area (Å²) in [7, 11) is 3.19. The molecule has 1 heterocycles. The van der Waals surface area contributed by atoms with Gasteiger partial charge in [-0.05, 0) is 30.4 Å². The number of amides is 1. The van der Waals surface area contributed by atoms with Gasteiger partial charge in [0.1, 0.15) is 11.5 Å². The van der Waals surface area contributed by atoms with Gasteiger partial charge in [-0.3, -0.25) is 4.79 Å². The van der Waals surface area contributed by atoms with Crippen LogP contribution in [0.3, 0.4) is 0 Å². The highest BCUT2D eigenvalue weighted by molar-refractivity contribution is 5.92. The molecule has 1 aromatic rings. The Bertz CT molecular complexity index is 529. The summed E-state index contributed by atoms with van der Waals surface area (Å²) in [4.78, 5) is 14.6. The Balaban J connectivity index is 0.00000288. The van der Waals surface area contributed by atoms with E-state index in [1.807, 2.05) is 6.07 Å². The summed E-state index contributed by atoms with van der Waals surface area (Å²) >= 11 is 0. The monoisotopic (exact) mass is 356 g/mol. The fraction of sp³-hybridized carbons (Fsp3) is 0.611. The summed E-state index contributed by atoms with van der Waals surface area (Å²) in [6.07, 6.45) is 1.77. The number of nitrogens with one attached hydrogen (secondary N) is 1. The van der Waals surface area contributed by atoms with Gasteiger partial charge in [-0.1, -0.05) is 13.8 Å². The Kier molecular flexibility index (Phi) is 8.36. The zero-order valence-corrected chi connectivity index (χ0v) is 15.8. The highest BCUT2D eigenvalue weighted by Gasteiger charge is 2.22. The Morgan fingerprint density at radius 2 is 1.88 bits per heavy atom. The molecule has 0 bridgehead atoms. The lowest BCUT2D eigenvalue weighted by Crippen LogP contribution is -2.40. The van der Waals surface area contributed by atoms with E-state index in [9.17, 15) is 4.79 Å². The van der Waals surface area contributed by atoms with Gasteiger partial charge in [-0.2, -0.15) is 0 Å². The van der Waals surface area contributed by atoms with Gasteiger partial charge in [-0.25, -0.2) is 0 Å². The molecular formula is C18H29ClN2O3. The quantitative estimate of drug-likeness (QED) is 0.848. The van der Waals surface area contributed by atoms with Gasteiger partial charge in [-0.15, -0.1) is 12.4 Å². The number of anilines is 1. The second-order valence-electron chi connectivity index (χ2n) is 6.57. The number of halogens is 1. The van der Waals surface area contributed by atoms with Crippen LogP contribution in [-0.4, -0.2) is 44.7 Å². The second-order valence-corrected chi connectivity index (χ2v) is 6.57. The zero-order chi connectivity index (χ0) is 16.8. The van der Waals surface area contributed by atoms with Crippen molar-refractivity contribution in [1.29, 1.82) is 0 Å². The van der Waals surface area contributed by atoms with Crippen LogP contribution in [0.4, 0.5) is 5.69 Å². The maximum absolute atomic E-state index is 12.3. The molecule has 0 spiro atoms. The minimum Gasteiger partial charge on any atom is -0.497 e. The Hall–Kier alpha value is -1.46. The number of methoxy groups -OCH3 is 2. The van der Waals surface area contributed by atoms with Crippen LogP contribution >= 0.6 is 12.4 Å². The van der Waals surface area contributed by atoms with E-state index in [4.69, 9.17) is 9.47 Å². The topological polar surface area (TPSA) is 50.8 Å². The van der Waals surface area contributed by atoms with Crippen molar-refractivity contribution in [2.45, 2.75) is 26.7 Å². The van der Waals surface area contributed by atoms with E-state index < -0.39 is 0 Å². The van der Waals surface area contributed by atoms with Gasteiger partial charge in [0, 0.05) is 32.1 Å². The highest BCUT2D eigenvalue weighted by atomic mass is 35.5. The van der Waals surface area contributed by atoms with Crippen molar-refractivity contribution in [3.05, 3.63) is 18.2 Å². The van der Waals surface area contributed by atoms with E-state index in [-0.39, 0.29) is 18.3 Å². The molecule has 2 atom stereocenters. The molecule has 1 aromatic carbocycles. The minimum absolute atomic E-state index is 0. The molecule has 0 radical (unpaired) electrons. The molecule has 0 aliphatic carbocycles. The van der Waals surface area contributed by atoms with Crippen LogP contribution in [0.1, 0.15) is 26.7 Å². The molecule has 0 aromatic heterocycles. The fourth-order valence-electron chi connectivity index (χ4n) is 3.36. The molecule has 1 aliphatic rings. The molecule has 1 saturated heterocycles. The predicted molar refractivity (Wildman–Crippen MR) is 99.4 cm³/mol. The zero-order valence-electron chi connectivity index (χ0n) is 15.0. The molecule has 1 N–H and O–H groups in total. The Labute approximate surface area is 151 Å². The first-order chi connectivity index (χ1) is 11.0. The average molecular weight is 357 g/mol. The molecule has 2 unspecified atom stereocenters. The summed E-state index contributed by atoms with van der Waals surface area (Å²) in [5, 5.41) is 2.93. The standard InChI is InChI=1S/C18H28N2O3.ClH/c1-13-9-14(2)12-20(11-13)8-7-18(21)19-16-10-15(22-3)5-6-17(16)23-4;/h5-6,10,13-14H,7-9,11-12H2,1-4H3,(H,19,21);1H. The van der Waals surface area contributed by atoms with E-state index in [1.165, 1.54) is 6.42 Å². The molecule has 5 nitrogen and oxygen atoms in total. The van der Waals surface area contributed by atoms with Crippen LogP contribution < -0.4 is 14.8 Å². The van der Waals surface area contributed by atoms with Crippen LogP contribution in [0.2, 0.25) is 0 Å². The molecule has 136 valence electrons. The van der Waals surface area contributed by atoms with Gasteiger partial charge < -0.3 is 19.7 Å². The largest absolute Gasteiger partial charge is 0.497 e. The van der Waals surface area contributed by atoms with E-state index in [2.05, 4.69) is 24.1 Å². The van der Waals surface area contributed by atoms with Gasteiger partial charge in [0.05, 0.1) is 19.9 Å². The first kappa shape index (κ1) is 20.6. The number of rotatable bonds is 6. The first-order valence-electron chi connectivity index (χ1n) is 8.26. The van der Waals surface area contributed by atoms with Crippen molar-refractivity contribution in [2.75, 3.05) is 39.2 Å². The van der Waals surface area contributed by atoms with Crippen molar-refractivity contribution >= 4 is 24.0 Å². The molecule has 1 aliphatic heterocycles. The normalized spacial score (nSPS) is 20.8. The molecule has 2 rings (SSSR count). The number of benzene rings is 1. The third-order valence-corrected chi connectivity index (χ3v) is 4.28. The summed E-state index contributed by atoms with van der Waals surface area (Å²) in [6.45, 7) is 7.53. The van der Waals surface area contributed by atoms with E-state index in [0.29, 0.717) is 35.4 Å². The predicted octanol–water partition coefficient (Wildman–Crippen LogP) is 3.43. The molecule has 0 saturated carbocycles. The van der Waals surface area contributed by atoms with Crippen LogP contribution in [0.25, 0.3) is 0 Å². The summed E-state index contributed by atoms with van der Waals surface area (Å²) in [6, 6.07) is 5.38. The number of likely N-dealkylation sites (tertiary alicyclic amines) is 1. The Morgan fingerprint density at radius 1 is 1.21 bits per heavy atom. The van der Waals surface area contributed by atoms with E-state index in [1.54, 1.807) is 26.4 Å². The third kappa shape index (κ3) is 5.87. The molecular weight excluding hydrogens is 328 g/mol. The summed E-state index contributed by atoms with van der Waals surface area (Å²) in [5.41, 5.74) is 0.650. The van der Waals surface area contributed by atoms with E-state index in [0.717, 1.165) is 19.6 Å². The lowest BCUT2D eigenvalue weighted by molar-refractivity contribution is -0.116. The number of hydrogen-bond acceptors (Lipinski definition) is 4. The highest BCUT2D eigenvalue weighted by Crippen LogP contribution is 2.29. The Morgan fingerprint density at radius 3 is 2.46 bits per heavy atom. The van der Waals surface area contributed by atoms with Crippen molar-refractivity contribution in [2.24, 2.45) is 11.8 Å².